The van der Waals surface area contributed by atoms with Crippen molar-refractivity contribution in [3.05, 3.63) is 58.9 Å². The summed E-state index contributed by atoms with van der Waals surface area (Å²) in [5.41, 5.74) is 4.34. The Hall–Kier alpha value is -3.42. The summed E-state index contributed by atoms with van der Waals surface area (Å²) in [6, 6.07) is 6.84. The highest BCUT2D eigenvalue weighted by Gasteiger charge is 2.31. The van der Waals surface area contributed by atoms with Crippen LogP contribution in [0.2, 0.25) is 0 Å². The van der Waals surface area contributed by atoms with Crippen LogP contribution < -0.4 is 14.8 Å². The summed E-state index contributed by atoms with van der Waals surface area (Å²) in [5, 5.41) is 3.57. The van der Waals surface area contributed by atoms with Crippen LogP contribution in [-0.4, -0.2) is 19.4 Å². The average molecular weight is 433 g/mol. The van der Waals surface area contributed by atoms with Crippen LogP contribution in [0.3, 0.4) is 0 Å². The first-order valence-corrected chi connectivity index (χ1v) is 9.43. The van der Waals surface area contributed by atoms with Crippen molar-refractivity contribution in [2.24, 2.45) is 0 Å². The lowest BCUT2D eigenvalue weighted by atomic mass is 9.98. The fourth-order valence-electron chi connectivity index (χ4n) is 3.36. The minimum absolute atomic E-state index is 0.337. The van der Waals surface area contributed by atoms with E-state index in [1.54, 1.807) is 14.0 Å². The Labute approximate surface area is 177 Å². The van der Waals surface area contributed by atoms with Gasteiger partial charge < -0.3 is 19.2 Å². The maximum absolute atomic E-state index is 12.5. The van der Waals surface area contributed by atoms with E-state index >= 15 is 0 Å². The van der Waals surface area contributed by atoms with Gasteiger partial charge in [0, 0.05) is 28.3 Å². The van der Waals surface area contributed by atoms with E-state index in [1.807, 2.05) is 26.8 Å². The third-order valence-electron chi connectivity index (χ3n) is 4.98. The van der Waals surface area contributed by atoms with Crippen LogP contribution in [0.25, 0.3) is 16.5 Å². The third-order valence-corrected chi connectivity index (χ3v) is 4.98. The van der Waals surface area contributed by atoms with Crippen molar-refractivity contribution < 1.29 is 31.9 Å². The minimum Gasteiger partial charge on any atom is -0.496 e. The van der Waals surface area contributed by atoms with E-state index in [2.05, 4.69) is 10.1 Å². The van der Waals surface area contributed by atoms with Crippen LogP contribution in [0.15, 0.2) is 40.8 Å². The van der Waals surface area contributed by atoms with Gasteiger partial charge >= 0.3 is 6.36 Å². The number of rotatable bonds is 5. The fraction of sp³-hybridized carbons (Fsp3) is 0.261. The van der Waals surface area contributed by atoms with Crippen molar-refractivity contribution in [1.82, 2.24) is 0 Å². The molecule has 0 spiro atoms. The maximum Gasteiger partial charge on any atom is 0.573 e. The molecule has 0 atom stereocenters. The monoisotopic (exact) mass is 433 g/mol. The number of amides is 1. The second-order valence-electron chi connectivity index (χ2n) is 7.13. The molecule has 1 N–H and O–H groups in total. The number of alkyl halides is 3. The van der Waals surface area contributed by atoms with E-state index < -0.39 is 12.3 Å². The van der Waals surface area contributed by atoms with Crippen molar-refractivity contribution in [1.29, 1.82) is 0 Å². The molecule has 0 aliphatic carbocycles. The van der Waals surface area contributed by atoms with Gasteiger partial charge in [-0.25, -0.2) is 0 Å². The molecule has 1 heterocycles. The number of benzene rings is 2. The molecular weight excluding hydrogens is 411 g/mol. The molecule has 1 aromatic heterocycles. The van der Waals surface area contributed by atoms with Crippen molar-refractivity contribution in [2.75, 3.05) is 12.4 Å². The zero-order valence-electron chi connectivity index (χ0n) is 17.7. The van der Waals surface area contributed by atoms with E-state index in [0.29, 0.717) is 17.0 Å². The van der Waals surface area contributed by atoms with Gasteiger partial charge in [0.05, 0.1) is 7.11 Å². The molecule has 164 valence electrons. The smallest absolute Gasteiger partial charge is 0.496 e. The Morgan fingerprint density at radius 3 is 2.32 bits per heavy atom. The third kappa shape index (κ3) is 4.84. The number of furan rings is 1. The summed E-state index contributed by atoms with van der Waals surface area (Å²) in [6.45, 7) is 7.53. The van der Waals surface area contributed by atoms with E-state index in [9.17, 15) is 18.0 Å². The summed E-state index contributed by atoms with van der Waals surface area (Å²) < 4.78 is 52.0. The number of carbonyl (C=O) groups excluding carboxylic acids is 1. The predicted molar refractivity (Wildman–Crippen MR) is 112 cm³/mol. The molecule has 0 aliphatic rings. The summed E-state index contributed by atoms with van der Waals surface area (Å²) in [6.07, 6.45) is -3.36. The molecule has 3 aromatic rings. The van der Waals surface area contributed by atoms with E-state index in [0.717, 1.165) is 45.6 Å². The fourth-order valence-corrected chi connectivity index (χ4v) is 3.36. The SMILES string of the molecule is COc1c(/C(C)=C/C(=O)Nc2ccc(OC(F)(F)F)cc2)cc2c(C)c(C)oc2c1C. The van der Waals surface area contributed by atoms with Gasteiger partial charge in [-0.05, 0) is 69.2 Å². The Morgan fingerprint density at radius 1 is 1.10 bits per heavy atom. The van der Waals surface area contributed by atoms with Gasteiger partial charge in [0.25, 0.3) is 0 Å². The number of allylic oxidation sites excluding steroid dienone is 1. The number of methoxy groups -OCH3 is 1. The first-order valence-electron chi connectivity index (χ1n) is 9.43. The number of fused-ring (bicyclic) bond motifs is 1. The zero-order valence-corrected chi connectivity index (χ0v) is 17.7. The highest BCUT2D eigenvalue weighted by molar-refractivity contribution is 6.05. The molecule has 1 amide bonds. The Kier molecular flexibility index (Phi) is 6.01. The molecule has 2 aromatic carbocycles. The zero-order chi connectivity index (χ0) is 22.9. The molecule has 0 saturated heterocycles. The van der Waals surface area contributed by atoms with Gasteiger partial charge in [0.2, 0.25) is 5.91 Å². The molecular formula is C23H22F3NO4. The summed E-state index contributed by atoms with van der Waals surface area (Å²) >= 11 is 0. The molecule has 0 unspecified atom stereocenters. The Morgan fingerprint density at radius 2 is 1.74 bits per heavy atom. The Bertz CT molecular complexity index is 1160. The number of carbonyl (C=O) groups is 1. The number of aryl methyl sites for hydroxylation is 3. The molecule has 0 fully saturated rings. The van der Waals surface area contributed by atoms with Crippen LogP contribution in [-0.2, 0) is 4.79 Å². The molecule has 8 heteroatoms. The topological polar surface area (TPSA) is 60.7 Å². The lowest BCUT2D eigenvalue weighted by Crippen LogP contribution is -2.17. The second-order valence-corrected chi connectivity index (χ2v) is 7.13. The number of hydrogen-bond donors (Lipinski definition) is 1. The molecule has 31 heavy (non-hydrogen) atoms. The number of halogens is 3. The van der Waals surface area contributed by atoms with E-state index in [-0.39, 0.29) is 5.75 Å². The lowest BCUT2D eigenvalue weighted by molar-refractivity contribution is -0.274. The van der Waals surface area contributed by atoms with Crippen LogP contribution in [0.4, 0.5) is 18.9 Å². The van der Waals surface area contributed by atoms with Crippen LogP contribution in [0, 0.1) is 20.8 Å². The highest BCUT2D eigenvalue weighted by Crippen LogP contribution is 2.38. The minimum atomic E-state index is -4.77. The average Bonchev–Trinajstić information content (AvgIpc) is 2.97. The lowest BCUT2D eigenvalue weighted by Gasteiger charge is -2.13. The summed E-state index contributed by atoms with van der Waals surface area (Å²) in [5.74, 6) is 0.629. The Balaban J connectivity index is 1.86. The van der Waals surface area contributed by atoms with Crippen molar-refractivity contribution in [3.63, 3.8) is 0 Å². The van der Waals surface area contributed by atoms with Gasteiger partial charge in [0.1, 0.15) is 22.8 Å². The van der Waals surface area contributed by atoms with Crippen molar-refractivity contribution >= 4 is 28.1 Å². The van der Waals surface area contributed by atoms with Crippen molar-refractivity contribution in [3.8, 4) is 11.5 Å². The van der Waals surface area contributed by atoms with Gasteiger partial charge in [-0.2, -0.15) is 0 Å². The maximum atomic E-state index is 12.5. The van der Waals surface area contributed by atoms with Gasteiger partial charge in [-0.3, -0.25) is 4.79 Å². The standard InChI is InChI=1S/C23H22F3NO4/c1-12(10-20(28)27-16-6-8-17(9-7-16)31-23(24,25)26)18-11-19-13(2)15(4)30-22(19)14(3)21(18)29-5/h6-11H,1-5H3,(H,27,28)/b12-10+. The van der Waals surface area contributed by atoms with Gasteiger partial charge in [-0.1, -0.05) is 0 Å². The predicted octanol–water partition coefficient (Wildman–Crippen LogP) is 6.31. The second kappa shape index (κ2) is 8.37. The molecule has 0 aliphatic heterocycles. The van der Waals surface area contributed by atoms with Gasteiger partial charge in [0.15, 0.2) is 0 Å². The quantitative estimate of drug-likeness (QED) is 0.479. The first kappa shape index (κ1) is 22.3. The largest absolute Gasteiger partial charge is 0.573 e. The molecule has 3 rings (SSSR count). The van der Waals surface area contributed by atoms with Crippen LogP contribution >= 0.6 is 0 Å². The van der Waals surface area contributed by atoms with E-state index in [4.69, 9.17) is 9.15 Å². The number of hydrogen-bond acceptors (Lipinski definition) is 4. The number of nitrogens with one attached hydrogen (secondary N) is 1. The summed E-state index contributed by atoms with van der Waals surface area (Å²) in [4.78, 5) is 12.5. The normalized spacial score (nSPS) is 12.2. The first-order chi connectivity index (χ1) is 14.5. The van der Waals surface area contributed by atoms with Crippen molar-refractivity contribution in [2.45, 2.75) is 34.1 Å². The van der Waals surface area contributed by atoms with Crippen LogP contribution in [0.1, 0.15) is 29.4 Å². The van der Waals surface area contributed by atoms with Crippen LogP contribution in [0.5, 0.6) is 11.5 Å². The number of ether oxygens (including phenoxy) is 2. The summed E-state index contributed by atoms with van der Waals surface area (Å²) in [7, 11) is 1.55. The molecule has 0 radical (unpaired) electrons. The molecule has 0 saturated carbocycles. The molecule has 0 bridgehead atoms. The number of anilines is 1. The highest BCUT2D eigenvalue weighted by atomic mass is 19.4. The molecule has 5 nitrogen and oxygen atoms in total. The van der Waals surface area contributed by atoms with Gasteiger partial charge in [-0.15, -0.1) is 13.2 Å². The van der Waals surface area contributed by atoms with E-state index in [1.165, 1.54) is 18.2 Å².